The fraction of sp³-hybridized carbons (Fsp3) is 0.333. The lowest BCUT2D eigenvalue weighted by molar-refractivity contribution is 0.0959. The summed E-state index contributed by atoms with van der Waals surface area (Å²) in [4.78, 5) is 11.4. The number of aliphatic hydroxyl groups excluding tert-OH is 1. The van der Waals surface area contributed by atoms with Gasteiger partial charge in [-0.05, 0) is 0 Å². The van der Waals surface area contributed by atoms with Crippen LogP contribution in [0, 0.1) is 12.3 Å². The number of anilines is 1. The zero-order valence-electron chi connectivity index (χ0n) is 8.10. The first kappa shape index (κ1) is 11.1. The van der Waals surface area contributed by atoms with E-state index in [1.165, 1.54) is 10.9 Å². The van der Waals surface area contributed by atoms with Crippen molar-refractivity contribution in [3.63, 3.8) is 0 Å². The number of amides is 1. The summed E-state index contributed by atoms with van der Waals surface area (Å²) >= 11 is 0. The van der Waals surface area contributed by atoms with E-state index in [0.717, 1.165) is 0 Å². The van der Waals surface area contributed by atoms with Crippen molar-refractivity contribution < 1.29 is 9.90 Å². The zero-order chi connectivity index (χ0) is 11.3. The molecular formula is C9H12N4O2. The summed E-state index contributed by atoms with van der Waals surface area (Å²) in [5.41, 5.74) is 5.90. The van der Waals surface area contributed by atoms with E-state index < -0.39 is 0 Å². The van der Waals surface area contributed by atoms with Gasteiger partial charge < -0.3 is 16.2 Å². The number of nitrogen functional groups attached to an aromatic ring is 1. The number of nitrogens with zero attached hydrogens (tertiary/aromatic N) is 2. The molecule has 1 rings (SSSR count). The molecule has 1 amide bonds. The highest BCUT2D eigenvalue weighted by Gasteiger charge is 2.13. The molecule has 0 aromatic carbocycles. The Labute approximate surface area is 87.1 Å². The number of aromatic nitrogens is 2. The number of hydrogen-bond acceptors (Lipinski definition) is 4. The maximum absolute atomic E-state index is 11.4. The SMILES string of the molecule is C#CCNC(=O)c1cnn(CCO)c1N. The first-order valence-corrected chi connectivity index (χ1v) is 4.34. The van der Waals surface area contributed by atoms with Crippen LogP contribution < -0.4 is 11.1 Å². The highest BCUT2D eigenvalue weighted by atomic mass is 16.3. The molecule has 1 heterocycles. The van der Waals surface area contributed by atoms with Crippen LogP contribution in [-0.4, -0.2) is 33.9 Å². The molecule has 0 bridgehead atoms. The van der Waals surface area contributed by atoms with Crippen LogP contribution in [0.15, 0.2) is 6.20 Å². The van der Waals surface area contributed by atoms with Gasteiger partial charge in [-0.3, -0.25) is 4.79 Å². The van der Waals surface area contributed by atoms with Gasteiger partial charge in [0.1, 0.15) is 11.4 Å². The molecule has 4 N–H and O–H groups in total. The summed E-state index contributed by atoms with van der Waals surface area (Å²) in [7, 11) is 0. The topological polar surface area (TPSA) is 93.2 Å². The first-order valence-electron chi connectivity index (χ1n) is 4.34. The molecule has 0 unspecified atom stereocenters. The van der Waals surface area contributed by atoms with Crippen LogP contribution in [-0.2, 0) is 6.54 Å². The van der Waals surface area contributed by atoms with Crippen molar-refractivity contribution in [2.75, 3.05) is 18.9 Å². The molecule has 0 aliphatic heterocycles. The van der Waals surface area contributed by atoms with E-state index in [1.807, 2.05) is 0 Å². The van der Waals surface area contributed by atoms with Crippen LogP contribution in [0.3, 0.4) is 0 Å². The minimum absolute atomic E-state index is 0.0860. The van der Waals surface area contributed by atoms with E-state index in [9.17, 15) is 4.79 Å². The number of terminal acetylenes is 1. The summed E-state index contributed by atoms with van der Waals surface area (Å²) in [5.74, 6) is 2.13. The van der Waals surface area contributed by atoms with Gasteiger partial charge in [-0.25, -0.2) is 4.68 Å². The molecule has 0 fully saturated rings. The number of nitrogens with one attached hydrogen (secondary N) is 1. The Kier molecular flexibility index (Phi) is 3.71. The summed E-state index contributed by atoms with van der Waals surface area (Å²) in [6.07, 6.45) is 6.34. The maximum atomic E-state index is 11.4. The lowest BCUT2D eigenvalue weighted by Gasteiger charge is -2.02. The number of hydrogen-bond donors (Lipinski definition) is 3. The molecule has 1 aromatic rings. The third-order valence-corrected chi connectivity index (χ3v) is 1.79. The van der Waals surface area contributed by atoms with Gasteiger partial charge in [-0.2, -0.15) is 5.10 Å². The standard InChI is InChI=1S/C9H12N4O2/c1-2-3-11-9(15)7-6-12-13(4-5-14)8(7)10/h1,6,14H,3-5,10H2,(H,11,15). The lowest BCUT2D eigenvalue weighted by Crippen LogP contribution is -2.24. The largest absolute Gasteiger partial charge is 0.394 e. The first-order chi connectivity index (χ1) is 7.20. The Morgan fingerprint density at radius 3 is 3.13 bits per heavy atom. The average molecular weight is 208 g/mol. The molecular weight excluding hydrogens is 196 g/mol. The molecule has 1 aromatic heterocycles. The smallest absolute Gasteiger partial charge is 0.257 e. The minimum atomic E-state index is -0.366. The van der Waals surface area contributed by atoms with E-state index in [2.05, 4.69) is 16.3 Å². The fourth-order valence-electron chi connectivity index (χ4n) is 1.07. The average Bonchev–Trinajstić information content (AvgIpc) is 2.58. The van der Waals surface area contributed by atoms with Gasteiger partial charge in [0.15, 0.2) is 0 Å². The Hall–Kier alpha value is -2.00. The third kappa shape index (κ3) is 2.48. The fourth-order valence-corrected chi connectivity index (χ4v) is 1.07. The van der Waals surface area contributed by atoms with Crippen molar-refractivity contribution in [3.05, 3.63) is 11.8 Å². The highest BCUT2D eigenvalue weighted by Crippen LogP contribution is 2.09. The Bertz CT molecular complexity index is 391. The molecule has 0 radical (unpaired) electrons. The van der Waals surface area contributed by atoms with E-state index in [-0.39, 0.29) is 37.0 Å². The quantitative estimate of drug-likeness (QED) is 0.543. The molecule has 0 aliphatic carbocycles. The molecule has 0 aliphatic rings. The molecule has 0 atom stereocenters. The van der Waals surface area contributed by atoms with Crippen molar-refractivity contribution >= 4 is 11.7 Å². The van der Waals surface area contributed by atoms with Gasteiger partial charge >= 0.3 is 0 Å². The Morgan fingerprint density at radius 2 is 2.53 bits per heavy atom. The maximum Gasteiger partial charge on any atom is 0.257 e. The van der Waals surface area contributed by atoms with Crippen LogP contribution in [0.1, 0.15) is 10.4 Å². The lowest BCUT2D eigenvalue weighted by atomic mass is 10.3. The summed E-state index contributed by atoms with van der Waals surface area (Å²) < 4.78 is 1.35. The van der Waals surface area contributed by atoms with Gasteiger partial charge in [0, 0.05) is 0 Å². The van der Waals surface area contributed by atoms with Gasteiger partial charge in [0.05, 0.1) is 25.9 Å². The second-order valence-electron chi connectivity index (χ2n) is 2.78. The van der Waals surface area contributed by atoms with E-state index in [0.29, 0.717) is 0 Å². The number of rotatable bonds is 4. The van der Waals surface area contributed by atoms with Crippen molar-refractivity contribution in [2.45, 2.75) is 6.54 Å². The summed E-state index contributed by atoms with van der Waals surface area (Å²) in [6, 6.07) is 0. The number of carbonyl (C=O) groups excluding carboxylic acids is 1. The molecule has 0 spiro atoms. The number of aliphatic hydroxyl groups is 1. The van der Waals surface area contributed by atoms with Gasteiger partial charge in [0.2, 0.25) is 0 Å². The molecule has 15 heavy (non-hydrogen) atoms. The van der Waals surface area contributed by atoms with Crippen LogP contribution in [0.2, 0.25) is 0 Å². The Balaban J connectivity index is 2.78. The van der Waals surface area contributed by atoms with Crippen molar-refractivity contribution in [1.82, 2.24) is 15.1 Å². The summed E-state index contributed by atoms with van der Waals surface area (Å²) in [6.45, 7) is 0.314. The van der Waals surface area contributed by atoms with Crippen LogP contribution in [0.5, 0.6) is 0 Å². The molecule has 0 saturated carbocycles. The van der Waals surface area contributed by atoms with E-state index in [4.69, 9.17) is 17.3 Å². The number of nitrogens with two attached hydrogens (primary N) is 1. The van der Waals surface area contributed by atoms with Crippen LogP contribution in [0.25, 0.3) is 0 Å². The zero-order valence-corrected chi connectivity index (χ0v) is 8.10. The van der Waals surface area contributed by atoms with Crippen molar-refractivity contribution in [1.29, 1.82) is 0 Å². The van der Waals surface area contributed by atoms with E-state index >= 15 is 0 Å². The highest BCUT2D eigenvalue weighted by molar-refractivity contribution is 5.98. The van der Waals surface area contributed by atoms with Gasteiger partial charge in [-0.15, -0.1) is 6.42 Å². The molecule has 6 nitrogen and oxygen atoms in total. The van der Waals surface area contributed by atoms with Crippen LogP contribution in [0.4, 0.5) is 5.82 Å². The predicted octanol–water partition coefficient (Wildman–Crippen LogP) is -1.18. The molecule has 6 heteroatoms. The third-order valence-electron chi connectivity index (χ3n) is 1.79. The summed E-state index contributed by atoms with van der Waals surface area (Å²) in [5, 5.41) is 15.0. The molecule has 80 valence electrons. The van der Waals surface area contributed by atoms with Gasteiger partial charge in [0.25, 0.3) is 5.91 Å². The predicted molar refractivity (Wildman–Crippen MR) is 54.9 cm³/mol. The normalized spacial score (nSPS) is 9.60. The molecule has 0 saturated heterocycles. The Morgan fingerprint density at radius 1 is 1.80 bits per heavy atom. The van der Waals surface area contributed by atoms with E-state index in [1.54, 1.807) is 0 Å². The second kappa shape index (κ2) is 5.02. The van der Waals surface area contributed by atoms with Crippen molar-refractivity contribution in [2.24, 2.45) is 0 Å². The van der Waals surface area contributed by atoms with Gasteiger partial charge in [-0.1, -0.05) is 5.92 Å². The van der Waals surface area contributed by atoms with Crippen molar-refractivity contribution in [3.8, 4) is 12.3 Å². The van der Waals surface area contributed by atoms with Crippen LogP contribution >= 0.6 is 0 Å². The number of carbonyl (C=O) groups is 1. The second-order valence-corrected chi connectivity index (χ2v) is 2.78. The monoisotopic (exact) mass is 208 g/mol. The minimum Gasteiger partial charge on any atom is -0.394 e.